The summed E-state index contributed by atoms with van der Waals surface area (Å²) in [6.45, 7) is 8.78. The average molecular weight is 368 g/mol. The lowest BCUT2D eigenvalue weighted by atomic mass is 10.3. The summed E-state index contributed by atoms with van der Waals surface area (Å²) >= 11 is 0. The van der Waals surface area contributed by atoms with E-state index in [1.54, 1.807) is 0 Å². The van der Waals surface area contributed by atoms with Gasteiger partial charge in [0.2, 0.25) is 0 Å². The molecule has 0 radical (unpaired) electrons. The van der Waals surface area contributed by atoms with Crippen LogP contribution in [0, 0.1) is 0 Å². The van der Waals surface area contributed by atoms with Crippen molar-refractivity contribution >= 4 is 0 Å². The SMILES string of the molecule is CCCOCCOCCOCCOCC[N+](CCO)(CCO)CCO. The van der Waals surface area contributed by atoms with Gasteiger partial charge >= 0.3 is 0 Å². The molecule has 0 spiro atoms. The molecule has 0 aliphatic rings. The molecule has 3 N–H and O–H groups in total. The Kier molecular flexibility index (Phi) is 18.2. The summed E-state index contributed by atoms with van der Waals surface area (Å²) in [6.07, 6.45) is 1.02. The highest BCUT2D eigenvalue weighted by Crippen LogP contribution is 2.05. The third-order valence-corrected chi connectivity index (χ3v) is 3.90. The molecule has 0 aliphatic heterocycles. The molecule has 0 heterocycles. The Bertz CT molecular complexity index is 252. The first-order valence-electron chi connectivity index (χ1n) is 9.23. The Balaban J connectivity index is 3.56. The van der Waals surface area contributed by atoms with Crippen molar-refractivity contribution in [2.75, 3.05) is 98.9 Å². The lowest BCUT2D eigenvalue weighted by molar-refractivity contribution is -0.929. The minimum absolute atomic E-state index is 0.0204. The van der Waals surface area contributed by atoms with Gasteiger partial charge in [0.15, 0.2) is 0 Å². The summed E-state index contributed by atoms with van der Waals surface area (Å²) in [7, 11) is 0. The summed E-state index contributed by atoms with van der Waals surface area (Å²) in [5.74, 6) is 0. The maximum Gasteiger partial charge on any atom is 0.103 e. The smallest absolute Gasteiger partial charge is 0.103 e. The van der Waals surface area contributed by atoms with Crippen LogP contribution in [0.2, 0.25) is 0 Å². The molecule has 0 aromatic rings. The highest BCUT2D eigenvalue weighted by molar-refractivity contribution is 4.45. The number of quaternary nitrogens is 1. The van der Waals surface area contributed by atoms with E-state index in [2.05, 4.69) is 6.92 Å². The zero-order chi connectivity index (χ0) is 18.6. The molecule has 0 amide bonds. The van der Waals surface area contributed by atoms with Crippen LogP contribution in [0.4, 0.5) is 0 Å². The zero-order valence-corrected chi connectivity index (χ0v) is 15.7. The number of rotatable bonds is 20. The molecule has 0 aromatic heterocycles. The average Bonchev–Trinajstić information content (AvgIpc) is 2.60. The zero-order valence-electron chi connectivity index (χ0n) is 15.7. The Morgan fingerprint density at radius 1 is 0.520 bits per heavy atom. The van der Waals surface area contributed by atoms with E-state index in [9.17, 15) is 15.3 Å². The second kappa shape index (κ2) is 18.5. The van der Waals surface area contributed by atoms with Crippen molar-refractivity contribution in [2.24, 2.45) is 0 Å². The Morgan fingerprint density at radius 3 is 1.24 bits per heavy atom. The lowest BCUT2D eigenvalue weighted by Crippen LogP contribution is -2.55. The molecule has 0 saturated heterocycles. The topological polar surface area (TPSA) is 97.6 Å². The van der Waals surface area contributed by atoms with Crippen molar-refractivity contribution in [2.45, 2.75) is 13.3 Å². The Labute approximate surface area is 151 Å². The summed E-state index contributed by atoms with van der Waals surface area (Å²) in [4.78, 5) is 0. The number of hydrogen-bond acceptors (Lipinski definition) is 7. The molecule has 25 heavy (non-hydrogen) atoms. The predicted molar refractivity (Wildman–Crippen MR) is 94.6 cm³/mol. The maximum atomic E-state index is 9.20. The predicted octanol–water partition coefficient (Wildman–Crippen LogP) is -0.743. The first-order valence-corrected chi connectivity index (χ1v) is 9.23. The van der Waals surface area contributed by atoms with E-state index in [0.717, 1.165) is 13.0 Å². The fourth-order valence-corrected chi connectivity index (χ4v) is 2.47. The van der Waals surface area contributed by atoms with Gasteiger partial charge in [0.25, 0.3) is 0 Å². The van der Waals surface area contributed by atoms with Crippen molar-refractivity contribution in [3.05, 3.63) is 0 Å². The molecule has 0 bridgehead atoms. The van der Waals surface area contributed by atoms with Crippen molar-refractivity contribution in [1.29, 1.82) is 0 Å². The van der Waals surface area contributed by atoms with Gasteiger partial charge in [-0.3, -0.25) is 0 Å². The largest absolute Gasteiger partial charge is 0.391 e. The van der Waals surface area contributed by atoms with Gasteiger partial charge < -0.3 is 38.8 Å². The quantitative estimate of drug-likeness (QED) is 0.192. The van der Waals surface area contributed by atoms with Gasteiger partial charge in [-0.15, -0.1) is 0 Å². The normalized spacial score (nSPS) is 12.0. The summed E-state index contributed by atoms with van der Waals surface area (Å²) in [6, 6.07) is 0. The van der Waals surface area contributed by atoms with Crippen LogP contribution < -0.4 is 0 Å². The Morgan fingerprint density at radius 2 is 0.880 bits per heavy atom. The molecule has 0 aromatic carbocycles. The summed E-state index contributed by atoms with van der Waals surface area (Å²) in [5.41, 5.74) is 0. The minimum atomic E-state index is 0.0204. The van der Waals surface area contributed by atoms with Crippen molar-refractivity contribution in [3.63, 3.8) is 0 Å². The van der Waals surface area contributed by atoms with Crippen molar-refractivity contribution < 1.29 is 38.8 Å². The molecular formula is C17H38NO7+. The minimum Gasteiger partial charge on any atom is -0.391 e. The van der Waals surface area contributed by atoms with Gasteiger partial charge in [0.1, 0.15) is 26.2 Å². The van der Waals surface area contributed by atoms with Crippen LogP contribution in [0.5, 0.6) is 0 Å². The second-order valence-corrected chi connectivity index (χ2v) is 5.86. The molecule has 152 valence electrons. The number of ether oxygens (including phenoxy) is 4. The third kappa shape index (κ3) is 14.5. The number of hydrogen-bond donors (Lipinski definition) is 3. The first-order chi connectivity index (χ1) is 12.2. The van der Waals surface area contributed by atoms with E-state index >= 15 is 0 Å². The van der Waals surface area contributed by atoms with Gasteiger partial charge in [-0.2, -0.15) is 0 Å². The van der Waals surface area contributed by atoms with Gasteiger partial charge in [0, 0.05) is 6.61 Å². The fraction of sp³-hybridized carbons (Fsp3) is 1.00. The van der Waals surface area contributed by atoms with E-state index < -0.39 is 0 Å². The van der Waals surface area contributed by atoms with E-state index in [1.165, 1.54) is 0 Å². The highest BCUT2D eigenvalue weighted by atomic mass is 16.6. The molecule has 0 fully saturated rings. The van der Waals surface area contributed by atoms with Gasteiger partial charge in [-0.1, -0.05) is 6.92 Å². The van der Waals surface area contributed by atoms with Crippen LogP contribution in [0.25, 0.3) is 0 Å². The van der Waals surface area contributed by atoms with Crippen molar-refractivity contribution in [1.82, 2.24) is 0 Å². The third-order valence-electron chi connectivity index (χ3n) is 3.90. The first kappa shape index (κ1) is 24.7. The van der Waals surface area contributed by atoms with E-state index in [4.69, 9.17) is 18.9 Å². The molecular weight excluding hydrogens is 330 g/mol. The molecule has 0 atom stereocenters. The van der Waals surface area contributed by atoms with Gasteiger partial charge in [-0.05, 0) is 6.42 Å². The Hall–Kier alpha value is -0.320. The maximum absolute atomic E-state index is 9.20. The van der Waals surface area contributed by atoms with Crippen LogP contribution in [0.3, 0.4) is 0 Å². The monoisotopic (exact) mass is 368 g/mol. The van der Waals surface area contributed by atoms with E-state index in [1.807, 2.05) is 0 Å². The van der Waals surface area contributed by atoms with Gasteiger partial charge in [-0.25, -0.2) is 0 Å². The second-order valence-electron chi connectivity index (χ2n) is 5.86. The fourth-order valence-electron chi connectivity index (χ4n) is 2.47. The van der Waals surface area contributed by atoms with Crippen LogP contribution in [-0.4, -0.2) is 119 Å². The number of nitrogens with zero attached hydrogens (tertiary/aromatic N) is 1. The summed E-state index contributed by atoms with van der Waals surface area (Å²) in [5, 5.41) is 27.6. The molecule has 0 aliphatic carbocycles. The lowest BCUT2D eigenvalue weighted by Gasteiger charge is -2.37. The molecule has 8 nitrogen and oxygen atoms in total. The van der Waals surface area contributed by atoms with Crippen LogP contribution >= 0.6 is 0 Å². The molecule has 8 heteroatoms. The standard InChI is InChI=1S/C17H38NO7/c1-2-10-22-12-14-24-16-17-25-15-13-23-11-6-18(3-7-19,4-8-20)5-9-21/h19-21H,2-17H2,1H3/q+1. The van der Waals surface area contributed by atoms with E-state index in [0.29, 0.717) is 76.9 Å². The van der Waals surface area contributed by atoms with E-state index in [-0.39, 0.29) is 19.8 Å². The van der Waals surface area contributed by atoms with Crippen LogP contribution in [0.1, 0.15) is 13.3 Å². The van der Waals surface area contributed by atoms with Gasteiger partial charge in [0.05, 0.1) is 66.1 Å². The molecule has 0 rings (SSSR count). The molecule has 0 saturated carbocycles. The highest BCUT2D eigenvalue weighted by Gasteiger charge is 2.25. The van der Waals surface area contributed by atoms with Crippen LogP contribution in [-0.2, 0) is 18.9 Å². The number of aliphatic hydroxyl groups excluding tert-OH is 3. The van der Waals surface area contributed by atoms with Crippen molar-refractivity contribution in [3.8, 4) is 0 Å². The van der Waals surface area contributed by atoms with Crippen LogP contribution in [0.15, 0.2) is 0 Å². The molecule has 0 unspecified atom stereocenters. The summed E-state index contributed by atoms with van der Waals surface area (Å²) < 4.78 is 22.1. The number of aliphatic hydroxyl groups is 3.